The Morgan fingerprint density at radius 2 is 1.82 bits per heavy atom. The van der Waals surface area contributed by atoms with Crippen molar-refractivity contribution < 1.29 is 0 Å². The minimum Gasteiger partial charge on any atom is -0.0675 e. The summed E-state index contributed by atoms with van der Waals surface area (Å²) in [4.78, 5) is 0. The molecule has 2 rings (SSSR count). The van der Waals surface area contributed by atoms with Crippen molar-refractivity contribution in [2.24, 2.45) is 0 Å². The molecule has 11 heavy (non-hydrogen) atoms. The molecule has 0 nitrogen and oxygen atoms in total. The van der Waals surface area contributed by atoms with E-state index in [9.17, 15) is 0 Å². The first-order valence-corrected chi connectivity index (χ1v) is 4.81. The average molecular weight is 162 g/mol. The van der Waals surface area contributed by atoms with E-state index in [4.69, 9.17) is 0 Å². The Hall–Kier alpha value is -0.610. The number of hydrogen-bond donors (Lipinski definition) is 0. The van der Waals surface area contributed by atoms with E-state index in [0.29, 0.717) is 0 Å². The lowest BCUT2D eigenvalue weighted by Gasteiger charge is -2.00. The molecule has 0 bridgehead atoms. The fourth-order valence-electron chi connectivity index (χ4n) is 1.61. The molecular formula is C10H11P. The molecule has 56 valence electrons. The molecule has 0 atom stereocenters. The topological polar surface area (TPSA) is 0 Å². The molecular weight excluding hydrogens is 151 g/mol. The van der Waals surface area contributed by atoms with E-state index in [-0.39, 0.29) is 0 Å². The highest BCUT2D eigenvalue weighted by Crippen LogP contribution is 2.37. The number of rotatable bonds is 0. The van der Waals surface area contributed by atoms with Crippen LogP contribution in [0.5, 0.6) is 0 Å². The lowest BCUT2D eigenvalue weighted by Crippen LogP contribution is -1.90. The van der Waals surface area contributed by atoms with E-state index in [1.54, 1.807) is 0 Å². The van der Waals surface area contributed by atoms with Gasteiger partial charge in [-0.1, -0.05) is 8.20 Å². The lowest BCUT2D eigenvalue weighted by atomic mass is 10.0. The van der Waals surface area contributed by atoms with Crippen molar-refractivity contribution in [1.82, 2.24) is 0 Å². The predicted octanol–water partition coefficient (Wildman–Crippen LogP) is 3.30. The summed E-state index contributed by atoms with van der Waals surface area (Å²) in [5.74, 6) is 2.29. The molecule has 0 saturated heterocycles. The van der Waals surface area contributed by atoms with Crippen molar-refractivity contribution in [3.05, 3.63) is 34.2 Å². The summed E-state index contributed by atoms with van der Waals surface area (Å²) >= 11 is 0. The minimum absolute atomic E-state index is 1.38. The van der Waals surface area contributed by atoms with E-state index in [2.05, 4.69) is 32.7 Å². The van der Waals surface area contributed by atoms with Gasteiger partial charge in [-0.15, -0.1) is 0 Å². The van der Waals surface area contributed by atoms with Crippen LogP contribution in [0.15, 0.2) is 34.2 Å². The van der Waals surface area contributed by atoms with Gasteiger partial charge in [0.15, 0.2) is 0 Å². The van der Waals surface area contributed by atoms with E-state index >= 15 is 0 Å². The van der Waals surface area contributed by atoms with Crippen molar-refractivity contribution >= 4 is 13.5 Å². The third kappa shape index (κ3) is 0.862. The summed E-state index contributed by atoms with van der Waals surface area (Å²) in [6.07, 6.45) is 2.30. The summed E-state index contributed by atoms with van der Waals surface area (Å²) in [7, 11) is 1.38. The van der Waals surface area contributed by atoms with Crippen LogP contribution in [0.25, 0.3) is 0 Å². The summed E-state index contributed by atoms with van der Waals surface area (Å²) in [5.41, 5.74) is 5.87. The van der Waals surface area contributed by atoms with Crippen LogP contribution in [0, 0.1) is 0 Å². The number of fused-ring (bicyclic) bond motifs is 1. The molecule has 0 spiro atoms. The molecule has 0 saturated carbocycles. The predicted molar refractivity (Wildman–Crippen MR) is 52.1 cm³/mol. The molecule has 1 heterocycles. The van der Waals surface area contributed by atoms with Gasteiger partial charge in [-0.3, -0.25) is 0 Å². The molecule has 2 aliphatic rings. The normalized spacial score (nSPS) is 23.0. The van der Waals surface area contributed by atoms with Crippen LogP contribution in [-0.4, -0.2) is 5.29 Å². The second-order valence-corrected chi connectivity index (χ2v) is 4.15. The first-order valence-electron chi connectivity index (χ1n) is 3.85. The second kappa shape index (κ2) is 2.19. The van der Waals surface area contributed by atoms with Gasteiger partial charge in [-0.2, -0.15) is 0 Å². The number of hydrogen-bond acceptors (Lipinski definition) is 0. The zero-order valence-electron chi connectivity index (χ0n) is 7.10. The van der Waals surface area contributed by atoms with Gasteiger partial charge < -0.3 is 0 Å². The Bertz CT molecular complexity index is 338. The van der Waals surface area contributed by atoms with Crippen LogP contribution in [0.4, 0.5) is 0 Å². The highest BCUT2D eigenvalue weighted by atomic mass is 31.1. The van der Waals surface area contributed by atoms with Crippen molar-refractivity contribution in [3.8, 4) is 0 Å². The zero-order chi connectivity index (χ0) is 8.01. The van der Waals surface area contributed by atoms with Crippen molar-refractivity contribution in [2.75, 3.05) is 0 Å². The quantitative estimate of drug-likeness (QED) is 0.479. The second-order valence-electron chi connectivity index (χ2n) is 3.15. The molecule has 1 aliphatic heterocycles. The Morgan fingerprint density at radius 1 is 1.09 bits per heavy atom. The van der Waals surface area contributed by atoms with E-state index in [0.717, 1.165) is 0 Å². The maximum atomic E-state index is 2.30. The Kier molecular flexibility index (Phi) is 1.40. The summed E-state index contributed by atoms with van der Waals surface area (Å²) < 4.78 is 0. The molecule has 0 N–H and O–H groups in total. The molecule has 0 radical (unpaired) electrons. The van der Waals surface area contributed by atoms with E-state index in [1.165, 1.54) is 35.8 Å². The van der Waals surface area contributed by atoms with Gasteiger partial charge in [0.25, 0.3) is 0 Å². The van der Waals surface area contributed by atoms with Gasteiger partial charge in [0.2, 0.25) is 0 Å². The third-order valence-electron chi connectivity index (χ3n) is 2.37. The third-order valence-corrected chi connectivity index (χ3v) is 3.51. The fourth-order valence-corrected chi connectivity index (χ4v) is 2.81. The van der Waals surface area contributed by atoms with Gasteiger partial charge in [-0.05, 0) is 55.0 Å². The Balaban J connectivity index is 2.60. The maximum absolute atomic E-state index is 2.30. The average Bonchev–Trinajstić information content (AvgIpc) is 2.41. The Morgan fingerprint density at radius 3 is 2.45 bits per heavy atom. The van der Waals surface area contributed by atoms with Gasteiger partial charge >= 0.3 is 0 Å². The summed E-state index contributed by atoms with van der Waals surface area (Å²) in [6.45, 7) is 6.61. The maximum Gasteiger partial charge on any atom is 0.00985 e. The van der Waals surface area contributed by atoms with Crippen LogP contribution in [-0.2, 0) is 0 Å². The molecule has 0 fully saturated rings. The highest BCUT2D eigenvalue weighted by molar-refractivity contribution is 7.46. The molecule has 1 heteroatoms. The van der Waals surface area contributed by atoms with Gasteiger partial charge in [-0.25, -0.2) is 0 Å². The summed E-state index contributed by atoms with van der Waals surface area (Å²) in [6, 6.07) is 0. The standard InChI is InChI=1S/C10H11P/c1-6-4-9-10(8(6)3)7(2)5-11-9/h4-5H,1-3H3. The van der Waals surface area contributed by atoms with Crippen LogP contribution < -0.4 is 0 Å². The van der Waals surface area contributed by atoms with Crippen molar-refractivity contribution in [3.63, 3.8) is 0 Å². The fraction of sp³-hybridized carbons (Fsp3) is 0.300. The molecule has 1 aliphatic carbocycles. The lowest BCUT2D eigenvalue weighted by molar-refractivity contribution is 1.33. The SMILES string of the molecule is CC1=CC2=PC=C(C)C2=C1C. The van der Waals surface area contributed by atoms with Gasteiger partial charge in [0, 0.05) is 5.29 Å². The minimum atomic E-state index is 1.38. The number of allylic oxidation sites excluding steroid dienone is 5. The van der Waals surface area contributed by atoms with Crippen LogP contribution >= 0.6 is 8.20 Å². The molecule has 0 aromatic rings. The summed E-state index contributed by atoms with van der Waals surface area (Å²) in [5, 5.41) is 1.50. The van der Waals surface area contributed by atoms with Crippen LogP contribution in [0.2, 0.25) is 0 Å². The highest BCUT2D eigenvalue weighted by Gasteiger charge is 2.19. The van der Waals surface area contributed by atoms with Crippen molar-refractivity contribution in [2.45, 2.75) is 20.8 Å². The molecule has 0 unspecified atom stereocenters. The van der Waals surface area contributed by atoms with Crippen molar-refractivity contribution in [1.29, 1.82) is 0 Å². The Labute approximate surface area is 69.1 Å². The first kappa shape index (κ1) is 7.06. The van der Waals surface area contributed by atoms with Crippen LogP contribution in [0.1, 0.15) is 20.8 Å². The largest absolute Gasteiger partial charge is 0.0675 e. The van der Waals surface area contributed by atoms with Crippen LogP contribution in [0.3, 0.4) is 0 Å². The monoisotopic (exact) mass is 162 g/mol. The smallest absolute Gasteiger partial charge is 0.00985 e. The molecule has 0 aromatic heterocycles. The first-order chi connectivity index (χ1) is 5.20. The molecule has 0 amide bonds. The van der Waals surface area contributed by atoms with E-state index < -0.39 is 0 Å². The van der Waals surface area contributed by atoms with E-state index in [1.807, 2.05) is 0 Å². The molecule has 0 aromatic carbocycles. The van der Waals surface area contributed by atoms with Gasteiger partial charge in [0.1, 0.15) is 0 Å². The van der Waals surface area contributed by atoms with Gasteiger partial charge in [0.05, 0.1) is 0 Å². The zero-order valence-corrected chi connectivity index (χ0v) is 8.00.